The Bertz CT molecular complexity index is 1050. The van der Waals surface area contributed by atoms with Crippen LogP contribution in [0.3, 0.4) is 0 Å². The summed E-state index contributed by atoms with van der Waals surface area (Å²) in [6, 6.07) is 9.47. The van der Waals surface area contributed by atoms with Crippen molar-refractivity contribution in [2.75, 3.05) is 5.43 Å². The van der Waals surface area contributed by atoms with Crippen LogP contribution in [0.2, 0.25) is 0 Å². The molecule has 0 aliphatic heterocycles. The number of carbonyl (C=O) groups is 1. The molecule has 3 heterocycles. The van der Waals surface area contributed by atoms with Crippen LogP contribution in [0.25, 0.3) is 16.7 Å². The van der Waals surface area contributed by atoms with Crippen LogP contribution in [0.15, 0.2) is 42.9 Å². The molecule has 1 amide bonds. The highest BCUT2D eigenvalue weighted by molar-refractivity contribution is 6.01. The third-order valence-corrected chi connectivity index (χ3v) is 3.77. The van der Waals surface area contributed by atoms with E-state index >= 15 is 0 Å². The summed E-state index contributed by atoms with van der Waals surface area (Å²) in [5.41, 5.74) is 7.28. The van der Waals surface area contributed by atoms with Gasteiger partial charge in [-0.25, -0.2) is 19.2 Å². The summed E-state index contributed by atoms with van der Waals surface area (Å²) < 4.78 is 3.28. The molecule has 0 saturated heterocycles. The number of nitrogens with one attached hydrogen (secondary N) is 1. The Balaban J connectivity index is 1.73. The van der Waals surface area contributed by atoms with E-state index in [-0.39, 0.29) is 5.91 Å². The molecule has 0 spiro atoms. The number of rotatable bonds is 2. The highest BCUT2D eigenvalue weighted by atomic mass is 16.2. The van der Waals surface area contributed by atoms with Crippen molar-refractivity contribution in [1.29, 1.82) is 0 Å². The first-order valence-electron chi connectivity index (χ1n) is 7.19. The number of carbonyl (C=O) groups excluding carboxylic acids is 1. The highest BCUT2D eigenvalue weighted by Gasteiger charge is 2.15. The molecule has 0 aliphatic carbocycles. The molecule has 0 fully saturated rings. The number of para-hydroxylation sites is 2. The second-order valence-electron chi connectivity index (χ2n) is 5.36. The minimum absolute atomic E-state index is 0.256. The molecule has 7 heteroatoms. The number of nitrogens with zero attached hydrogens (tertiary/aromatic N) is 5. The van der Waals surface area contributed by atoms with Gasteiger partial charge in [0.15, 0.2) is 5.65 Å². The highest BCUT2D eigenvalue weighted by Crippen LogP contribution is 2.13. The lowest BCUT2D eigenvalue weighted by atomic mass is 10.2. The van der Waals surface area contributed by atoms with E-state index in [0.717, 1.165) is 28.1 Å². The third kappa shape index (κ3) is 2.13. The zero-order valence-electron chi connectivity index (χ0n) is 12.7. The molecule has 0 radical (unpaired) electrons. The minimum Gasteiger partial charge on any atom is -0.267 e. The van der Waals surface area contributed by atoms with E-state index in [1.165, 1.54) is 0 Å². The zero-order chi connectivity index (χ0) is 16.0. The van der Waals surface area contributed by atoms with E-state index in [4.69, 9.17) is 0 Å². The fraction of sp³-hybridized carbons (Fsp3) is 0.125. The van der Waals surface area contributed by atoms with Gasteiger partial charge in [0.25, 0.3) is 5.91 Å². The van der Waals surface area contributed by atoms with Gasteiger partial charge in [-0.2, -0.15) is 5.10 Å². The number of benzene rings is 1. The van der Waals surface area contributed by atoms with Gasteiger partial charge in [0.1, 0.15) is 6.33 Å². The van der Waals surface area contributed by atoms with Crippen molar-refractivity contribution in [3.63, 3.8) is 0 Å². The van der Waals surface area contributed by atoms with Crippen molar-refractivity contribution < 1.29 is 4.79 Å². The second-order valence-corrected chi connectivity index (χ2v) is 5.36. The van der Waals surface area contributed by atoms with E-state index in [1.807, 2.05) is 44.2 Å². The topological polar surface area (TPSA) is 77.1 Å². The van der Waals surface area contributed by atoms with Crippen LogP contribution in [-0.4, -0.2) is 30.2 Å². The first kappa shape index (κ1) is 13.4. The average Bonchev–Trinajstić information content (AvgIpc) is 3.11. The van der Waals surface area contributed by atoms with Crippen molar-refractivity contribution in [2.45, 2.75) is 13.8 Å². The Morgan fingerprint density at radius 2 is 2.00 bits per heavy atom. The Morgan fingerprint density at radius 1 is 1.17 bits per heavy atom. The summed E-state index contributed by atoms with van der Waals surface area (Å²) >= 11 is 0. The molecule has 4 rings (SSSR count). The van der Waals surface area contributed by atoms with Crippen molar-refractivity contribution in [3.8, 4) is 0 Å². The van der Waals surface area contributed by atoms with Crippen LogP contribution in [-0.2, 0) is 0 Å². The molecule has 0 atom stereocenters. The Morgan fingerprint density at radius 3 is 2.87 bits per heavy atom. The number of fused-ring (bicyclic) bond motifs is 2. The van der Waals surface area contributed by atoms with Crippen LogP contribution in [0, 0.1) is 13.8 Å². The van der Waals surface area contributed by atoms with E-state index in [1.54, 1.807) is 21.7 Å². The molecular formula is C16H14N6O. The molecule has 7 nitrogen and oxygen atoms in total. The third-order valence-electron chi connectivity index (χ3n) is 3.77. The number of imidazole rings is 1. The summed E-state index contributed by atoms with van der Waals surface area (Å²) in [6.07, 6.45) is 3.15. The maximum absolute atomic E-state index is 12.6. The molecule has 23 heavy (non-hydrogen) atoms. The summed E-state index contributed by atoms with van der Waals surface area (Å²) in [4.78, 5) is 21.1. The Labute approximate surface area is 131 Å². The quantitative estimate of drug-likeness (QED) is 0.615. The average molecular weight is 306 g/mol. The van der Waals surface area contributed by atoms with Crippen molar-refractivity contribution >= 4 is 22.6 Å². The first-order valence-corrected chi connectivity index (χ1v) is 7.19. The standard InChI is InChI=1S/C16H14N6O/c1-10-7-15-17-8-12(11(2)22(15)19-10)16(23)20-21-9-18-13-5-3-4-6-14(13)21/h3-9H,1-2H3,(H,20,23). The zero-order valence-corrected chi connectivity index (χ0v) is 12.7. The molecule has 0 saturated carbocycles. The van der Waals surface area contributed by atoms with Crippen molar-refractivity contribution in [1.82, 2.24) is 24.3 Å². The molecule has 4 aromatic rings. The van der Waals surface area contributed by atoms with Gasteiger partial charge in [0.2, 0.25) is 0 Å². The van der Waals surface area contributed by atoms with Crippen LogP contribution >= 0.6 is 0 Å². The molecule has 0 bridgehead atoms. The Kier molecular flexibility index (Phi) is 2.87. The Hall–Kier alpha value is -3.22. The maximum atomic E-state index is 12.6. The molecule has 0 unspecified atom stereocenters. The normalized spacial score (nSPS) is 11.2. The predicted molar refractivity (Wildman–Crippen MR) is 85.9 cm³/mol. The van der Waals surface area contributed by atoms with E-state index in [2.05, 4.69) is 20.5 Å². The van der Waals surface area contributed by atoms with Gasteiger partial charge < -0.3 is 0 Å². The summed E-state index contributed by atoms with van der Waals surface area (Å²) in [5.74, 6) is -0.256. The smallest absolute Gasteiger partial charge is 0.267 e. The fourth-order valence-electron chi connectivity index (χ4n) is 2.60. The van der Waals surface area contributed by atoms with E-state index in [0.29, 0.717) is 5.56 Å². The van der Waals surface area contributed by atoms with E-state index in [9.17, 15) is 4.79 Å². The van der Waals surface area contributed by atoms with Crippen LogP contribution < -0.4 is 5.43 Å². The molecule has 114 valence electrons. The van der Waals surface area contributed by atoms with Crippen molar-refractivity contribution in [3.05, 3.63) is 59.8 Å². The summed E-state index contributed by atoms with van der Waals surface area (Å²) in [7, 11) is 0. The van der Waals surface area contributed by atoms with Gasteiger partial charge in [0, 0.05) is 12.3 Å². The predicted octanol–water partition coefficient (Wildman–Crippen LogP) is 2.08. The summed E-state index contributed by atoms with van der Waals surface area (Å²) in [6.45, 7) is 3.74. The second kappa shape index (κ2) is 4.91. The van der Waals surface area contributed by atoms with Crippen LogP contribution in [0.1, 0.15) is 21.7 Å². The molecule has 1 aromatic carbocycles. The number of aryl methyl sites for hydroxylation is 2. The lowest BCUT2D eigenvalue weighted by Gasteiger charge is -2.09. The minimum atomic E-state index is -0.256. The lowest BCUT2D eigenvalue weighted by Crippen LogP contribution is -2.24. The van der Waals surface area contributed by atoms with Gasteiger partial charge in [-0.05, 0) is 26.0 Å². The molecular weight excluding hydrogens is 292 g/mol. The van der Waals surface area contributed by atoms with Gasteiger partial charge in [-0.3, -0.25) is 10.2 Å². The lowest BCUT2D eigenvalue weighted by molar-refractivity contribution is 0.101. The number of aromatic nitrogens is 5. The SMILES string of the molecule is Cc1cc2ncc(C(=O)Nn3cnc4ccccc43)c(C)n2n1. The van der Waals surface area contributed by atoms with E-state index < -0.39 is 0 Å². The monoisotopic (exact) mass is 306 g/mol. The molecule has 3 aromatic heterocycles. The number of amides is 1. The van der Waals surface area contributed by atoms with Gasteiger partial charge in [-0.15, -0.1) is 0 Å². The van der Waals surface area contributed by atoms with Crippen molar-refractivity contribution in [2.24, 2.45) is 0 Å². The molecule has 0 aliphatic rings. The number of hydrogen-bond donors (Lipinski definition) is 1. The van der Waals surface area contributed by atoms with Gasteiger partial charge >= 0.3 is 0 Å². The largest absolute Gasteiger partial charge is 0.273 e. The first-order chi connectivity index (χ1) is 11.1. The number of hydrogen-bond acceptors (Lipinski definition) is 4. The van der Waals surface area contributed by atoms with Gasteiger partial charge in [0.05, 0.1) is 28.0 Å². The van der Waals surface area contributed by atoms with Crippen LogP contribution in [0.5, 0.6) is 0 Å². The van der Waals surface area contributed by atoms with Crippen LogP contribution in [0.4, 0.5) is 0 Å². The molecule has 1 N–H and O–H groups in total. The fourth-order valence-corrected chi connectivity index (χ4v) is 2.60. The van der Waals surface area contributed by atoms with Gasteiger partial charge in [-0.1, -0.05) is 12.1 Å². The summed E-state index contributed by atoms with van der Waals surface area (Å²) in [5, 5.41) is 4.36. The maximum Gasteiger partial charge on any atom is 0.273 e.